The van der Waals surface area contributed by atoms with Crippen molar-refractivity contribution in [2.45, 2.75) is 31.3 Å². The Bertz CT molecular complexity index is 902. The Kier molecular flexibility index (Phi) is 4.46. The highest BCUT2D eigenvalue weighted by molar-refractivity contribution is 5.84. The van der Waals surface area contributed by atoms with Crippen LogP contribution in [0.3, 0.4) is 0 Å². The fourth-order valence-electron chi connectivity index (χ4n) is 3.94. The van der Waals surface area contributed by atoms with Crippen molar-refractivity contribution in [1.82, 2.24) is 25.1 Å². The number of benzene rings is 1. The van der Waals surface area contributed by atoms with Crippen molar-refractivity contribution in [2.75, 3.05) is 6.54 Å². The van der Waals surface area contributed by atoms with E-state index in [1.165, 1.54) is 6.33 Å². The Hall–Kier alpha value is -2.67. The molecular weight excluding hydrogens is 330 g/mol. The fourth-order valence-corrected chi connectivity index (χ4v) is 3.94. The van der Waals surface area contributed by atoms with Crippen LogP contribution in [0.1, 0.15) is 30.3 Å². The molecule has 1 saturated carbocycles. The van der Waals surface area contributed by atoms with Crippen molar-refractivity contribution in [3.63, 3.8) is 0 Å². The molecule has 3 N–H and O–H groups in total. The number of nitrogens with zero attached hydrogens (tertiary/aromatic N) is 3. The van der Waals surface area contributed by atoms with E-state index in [4.69, 9.17) is 0 Å². The summed E-state index contributed by atoms with van der Waals surface area (Å²) in [4.78, 5) is 16.6. The molecule has 0 aliphatic heterocycles. The molecule has 2 heterocycles. The van der Waals surface area contributed by atoms with E-state index in [-0.39, 0.29) is 17.7 Å². The molecule has 1 aliphatic rings. The Morgan fingerprint density at radius 2 is 2.23 bits per heavy atom. The molecule has 1 aliphatic carbocycles. The van der Waals surface area contributed by atoms with Crippen LogP contribution < -0.4 is 5.32 Å². The number of fused-ring (bicyclic) bond motifs is 1. The third-order valence-corrected chi connectivity index (χ3v) is 5.43. The van der Waals surface area contributed by atoms with Crippen LogP contribution in [0.15, 0.2) is 36.7 Å². The lowest BCUT2D eigenvalue weighted by molar-refractivity contribution is -0.120. The van der Waals surface area contributed by atoms with Gasteiger partial charge in [0.25, 0.3) is 0 Å². The van der Waals surface area contributed by atoms with Crippen molar-refractivity contribution in [2.24, 2.45) is 13.0 Å². The number of nitrogens with one attached hydrogen (secondary N) is 2. The lowest BCUT2D eigenvalue weighted by atomic mass is 10.0. The van der Waals surface area contributed by atoms with E-state index >= 15 is 0 Å². The maximum absolute atomic E-state index is 12.4. The summed E-state index contributed by atoms with van der Waals surface area (Å²) in [6, 6.07) is 10.2. The molecule has 7 heteroatoms. The third-order valence-electron chi connectivity index (χ3n) is 5.43. The first kappa shape index (κ1) is 16.8. The number of para-hydroxylation sites is 1. The number of hydrogen-bond donors (Lipinski definition) is 3. The molecule has 3 aromatic rings. The molecule has 1 amide bonds. The highest BCUT2D eigenvalue weighted by atomic mass is 16.3. The largest absolute Gasteiger partial charge is 0.393 e. The maximum atomic E-state index is 12.4. The first-order valence-corrected chi connectivity index (χ1v) is 8.95. The third kappa shape index (κ3) is 3.22. The minimum absolute atomic E-state index is 0.0220. The van der Waals surface area contributed by atoms with Gasteiger partial charge in [0.15, 0.2) is 0 Å². The number of aryl methyl sites for hydroxylation is 1. The standard InChI is InChI=1S/C19H23N5O2/c1-24-15(7-12-4-2-3-5-16(12)24)9-18(26)20-10-14-6-13(8-17(14)25)19-21-11-22-23-19/h2-5,7,11,13-14,17,25H,6,8-10H2,1H3,(H,20,26)(H,21,22,23)/t13-,14+,17+/m1/s1. The van der Waals surface area contributed by atoms with Gasteiger partial charge in [-0.2, -0.15) is 5.10 Å². The summed E-state index contributed by atoms with van der Waals surface area (Å²) in [5, 5.41) is 21.2. The predicted octanol–water partition coefficient (Wildman–Crippen LogP) is 1.51. The SMILES string of the molecule is Cn1c(CC(=O)NC[C@@H]2C[C@@H](c3ncn[nH]3)C[C@@H]2O)cc2ccccc21. The van der Waals surface area contributed by atoms with Gasteiger partial charge in [-0.3, -0.25) is 9.89 Å². The van der Waals surface area contributed by atoms with Crippen LogP contribution in [0.5, 0.6) is 0 Å². The number of aromatic amines is 1. The highest BCUT2D eigenvalue weighted by Crippen LogP contribution is 2.36. The molecule has 4 rings (SSSR count). The van der Waals surface area contributed by atoms with Crippen LogP contribution in [-0.4, -0.2) is 43.4 Å². The molecule has 7 nitrogen and oxygen atoms in total. The summed E-state index contributed by atoms with van der Waals surface area (Å²) in [7, 11) is 1.98. The lowest BCUT2D eigenvalue weighted by Crippen LogP contribution is -2.33. The van der Waals surface area contributed by atoms with Gasteiger partial charge in [0.2, 0.25) is 5.91 Å². The van der Waals surface area contributed by atoms with Crippen LogP contribution in [0, 0.1) is 5.92 Å². The van der Waals surface area contributed by atoms with Gasteiger partial charge >= 0.3 is 0 Å². The van der Waals surface area contributed by atoms with Crippen LogP contribution in [0.25, 0.3) is 10.9 Å². The van der Waals surface area contributed by atoms with Gasteiger partial charge in [-0.15, -0.1) is 0 Å². The zero-order valence-corrected chi connectivity index (χ0v) is 14.7. The molecule has 136 valence electrons. The molecule has 0 spiro atoms. The van der Waals surface area contributed by atoms with Crippen molar-refractivity contribution >= 4 is 16.8 Å². The molecule has 26 heavy (non-hydrogen) atoms. The monoisotopic (exact) mass is 353 g/mol. The number of carbonyl (C=O) groups excluding carboxylic acids is 1. The van der Waals surface area contributed by atoms with Crippen LogP contribution in [-0.2, 0) is 18.3 Å². The van der Waals surface area contributed by atoms with E-state index in [1.807, 2.05) is 19.2 Å². The predicted molar refractivity (Wildman–Crippen MR) is 97.5 cm³/mol. The Balaban J connectivity index is 1.34. The summed E-state index contributed by atoms with van der Waals surface area (Å²) in [6.07, 6.45) is 2.84. The quantitative estimate of drug-likeness (QED) is 0.648. The first-order valence-electron chi connectivity index (χ1n) is 8.95. The van der Waals surface area contributed by atoms with E-state index < -0.39 is 6.10 Å². The van der Waals surface area contributed by atoms with Crippen LogP contribution >= 0.6 is 0 Å². The van der Waals surface area contributed by atoms with Gasteiger partial charge in [0, 0.05) is 36.6 Å². The number of hydrogen-bond acceptors (Lipinski definition) is 4. The van der Waals surface area contributed by atoms with Crippen molar-refractivity contribution in [3.05, 3.63) is 48.2 Å². The van der Waals surface area contributed by atoms with Crippen molar-refractivity contribution in [3.8, 4) is 0 Å². The van der Waals surface area contributed by atoms with Crippen LogP contribution in [0.2, 0.25) is 0 Å². The van der Waals surface area contributed by atoms with Gasteiger partial charge in [0.05, 0.1) is 12.5 Å². The molecule has 0 radical (unpaired) electrons. The molecule has 1 fully saturated rings. The van der Waals surface area contributed by atoms with Gasteiger partial charge in [-0.1, -0.05) is 18.2 Å². The zero-order valence-electron chi connectivity index (χ0n) is 14.7. The smallest absolute Gasteiger partial charge is 0.225 e. The summed E-state index contributed by atoms with van der Waals surface area (Å²) in [5.74, 6) is 1.01. The Morgan fingerprint density at radius 1 is 1.38 bits per heavy atom. The number of aliphatic hydroxyl groups excluding tert-OH is 1. The molecule has 0 saturated heterocycles. The minimum atomic E-state index is -0.428. The van der Waals surface area contributed by atoms with E-state index in [0.29, 0.717) is 19.4 Å². The summed E-state index contributed by atoms with van der Waals surface area (Å²) in [5.41, 5.74) is 2.10. The van der Waals surface area contributed by atoms with E-state index in [9.17, 15) is 9.90 Å². The second-order valence-corrected chi connectivity index (χ2v) is 7.10. The molecular formula is C19H23N5O2. The first-order chi connectivity index (χ1) is 12.6. The molecule has 0 bridgehead atoms. The second kappa shape index (κ2) is 6.92. The minimum Gasteiger partial charge on any atom is -0.393 e. The summed E-state index contributed by atoms with van der Waals surface area (Å²) < 4.78 is 2.05. The average molecular weight is 353 g/mol. The Labute approximate surface area is 151 Å². The molecule has 3 atom stereocenters. The second-order valence-electron chi connectivity index (χ2n) is 7.10. The molecule has 2 aromatic heterocycles. The van der Waals surface area contributed by atoms with Crippen molar-refractivity contribution in [1.29, 1.82) is 0 Å². The van der Waals surface area contributed by atoms with E-state index in [2.05, 4.69) is 43.3 Å². The normalized spacial score (nSPS) is 22.8. The average Bonchev–Trinajstić information content (AvgIpc) is 3.34. The fraction of sp³-hybridized carbons (Fsp3) is 0.421. The Morgan fingerprint density at radius 3 is 3.00 bits per heavy atom. The highest BCUT2D eigenvalue weighted by Gasteiger charge is 2.35. The summed E-state index contributed by atoms with van der Waals surface area (Å²) >= 11 is 0. The van der Waals surface area contributed by atoms with Gasteiger partial charge < -0.3 is 15.0 Å². The van der Waals surface area contributed by atoms with E-state index in [0.717, 1.165) is 28.8 Å². The van der Waals surface area contributed by atoms with Gasteiger partial charge in [-0.25, -0.2) is 4.98 Å². The topological polar surface area (TPSA) is 95.8 Å². The van der Waals surface area contributed by atoms with Gasteiger partial charge in [-0.05, 0) is 30.4 Å². The number of carbonyl (C=O) groups is 1. The number of aromatic nitrogens is 4. The number of amides is 1. The molecule has 1 aromatic carbocycles. The lowest BCUT2D eigenvalue weighted by Gasteiger charge is -2.15. The summed E-state index contributed by atoms with van der Waals surface area (Å²) in [6.45, 7) is 0.481. The van der Waals surface area contributed by atoms with Crippen molar-refractivity contribution < 1.29 is 9.90 Å². The maximum Gasteiger partial charge on any atom is 0.225 e. The molecule has 0 unspecified atom stereocenters. The number of aliphatic hydroxyl groups is 1. The van der Waals surface area contributed by atoms with E-state index in [1.54, 1.807) is 0 Å². The number of H-pyrrole nitrogens is 1. The van der Waals surface area contributed by atoms with Crippen LogP contribution in [0.4, 0.5) is 0 Å². The number of rotatable bonds is 5. The van der Waals surface area contributed by atoms with Gasteiger partial charge in [0.1, 0.15) is 12.2 Å². The zero-order chi connectivity index (χ0) is 18.1.